The van der Waals surface area contributed by atoms with Crippen LogP contribution >= 0.6 is 0 Å². The minimum atomic E-state index is 0.0621. The number of anilines is 2. The van der Waals surface area contributed by atoms with Gasteiger partial charge in [0.2, 0.25) is 5.88 Å². The highest BCUT2D eigenvalue weighted by Crippen LogP contribution is 2.27. The molecule has 1 aromatic rings. The Hall–Kier alpha value is -1.45. The second kappa shape index (κ2) is 5.25. The Labute approximate surface area is 104 Å². The fourth-order valence-corrected chi connectivity index (χ4v) is 1.43. The fourth-order valence-electron chi connectivity index (χ4n) is 1.43. The predicted octanol–water partition coefficient (Wildman–Crippen LogP) is 2.69. The normalized spacial score (nSPS) is 11.4. The van der Waals surface area contributed by atoms with Crippen LogP contribution < -0.4 is 15.4 Å². The van der Waals surface area contributed by atoms with Crippen LogP contribution in [-0.2, 0) is 0 Å². The van der Waals surface area contributed by atoms with E-state index in [2.05, 4.69) is 30.7 Å². The van der Waals surface area contributed by atoms with E-state index in [1.807, 2.05) is 26.1 Å². The highest BCUT2D eigenvalue weighted by atomic mass is 16.5. The van der Waals surface area contributed by atoms with Gasteiger partial charge in [0.15, 0.2) is 0 Å². The van der Waals surface area contributed by atoms with Gasteiger partial charge in [-0.1, -0.05) is 6.92 Å². The largest absolute Gasteiger partial charge is 0.476 e. The van der Waals surface area contributed by atoms with Crippen LogP contribution in [0.4, 0.5) is 11.5 Å². The summed E-state index contributed by atoms with van der Waals surface area (Å²) in [5.41, 5.74) is 6.46. The van der Waals surface area contributed by atoms with Crippen LogP contribution in [0, 0.1) is 0 Å². The summed E-state index contributed by atoms with van der Waals surface area (Å²) in [7, 11) is 2.04. The Morgan fingerprint density at radius 3 is 2.53 bits per heavy atom. The van der Waals surface area contributed by atoms with Gasteiger partial charge in [-0.3, -0.25) is 0 Å². The summed E-state index contributed by atoms with van der Waals surface area (Å²) in [6.07, 6.45) is 1.04. The van der Waals surface area contributed by atoms with E-state index in [0.29, 0.717) is 18.2 Å². The van der Waals surface area contributed by atoms with Crippen LogP contribution in [0.5, 0.6) is 5.88 Å². The average Bonchev–Trinajstić information content (AvgIpc) is 2.31. The summed E-state index contributed by atoms with van der Waals surface area (Å²) in [6.45, 7) is 9.03. The van der Waals surface area contributed by atoms with Crippen molar-refractivity contribution in [3.05, 3.63) is 12.1 Å². The quantitative estimate of drug-likeness (QED) is 0.855. The molecule has 0 atom stereocenters. The van der Waals surface area contributed by atoms with E-state index >= 15 is 0 Å². The van der Waals surface area contributed by atoms with Gasteiger partial charge in [0.25, 0.3) is 0 Å². The number of hydrogen-bond acceptors (Lipinski definition) is 4. The molecule has 0 amide bonds. The van der Waals surface area contributed by atoms with E-state index in [9.17, 15) is 0 Å². The van der Waals surface area contributed by atoms with E-state index in [0.717, 1.165) is 12.2 Å². The number of nitrogens with zero attached hydrogens (tertiary/aromatic N) is 2. The van der Waals surface area contributed by atoms with Crippen molar-refractivity contribution < 1.29 is 4.74 Å². The summed E-state index contributed by atoms with van der Waals surface area (Å²) >= 11 is 0. The summed E-state index contributed by atoms with van der Waals surface area (Å²) in [6, 6.07) is 3.77. The van der Waals surface area contributed by atoms with Crippen molar-refractivity contribution in [3.8, 4) is 5.88 Å². The first kappa shape index (κ1) is 13.6. The lowest BCUT2D eigenvalue weighted by atomic mass is 10.00. The summed E-state index contributed by atoms with van der Waals surface area (Å²) < 4.78 is 5.41. The molecule has 0 bridgehead atoms. The third-order valence-corrected chi connectivity index (χ3v) is 3.27. The van der Waals surface area contributed by atoms with Gasteiger partial charge in [0.05, 0.1) is 12.3 Å². The van der Waals surface area contributed by atoms with Crippen molar-refractivity contribution in [3.63, 3.8) is 0 Å². The number of rotatable bonds is 5. The Morgan fingerprint density at radius 2 is 2.00 bits per heavy atom. The highest BCUT2D eigenvalue weighted by Gasteiger charge is 2.23. The molecule has 0 aliphatic heterocycles. The topological polar surface area (TPSA) is 51.4 Å². The molecule has 0 radical (unpaired) electrons. The Balaban J connectivity index is 3.03. The van der Waals surface area contributed by atoms with E-state index in [4.69, 9.17) is 10.5 Å². The van der Waals surface area contributed by atoms with Crippen LogP contribution in [0.25, 0.3) is 0 Å². The molecule has 17 heavy (non-hydrogen) atoms. The maximum atomic E-state index is 5.81. The van der Waals surface area contributed by atoms with Crippen LogP contribution in [-0.4, -0.2) is 24.2 Å². The van der Waals surface area contributed by atoms with E-state index in [-0.39, 0.29) is 5.54 Å². The molecule has 2 N–H and O–H groups in total. The number of pyridine rings is 1. The molecule has 0 spiro atoms. The third-order valence-electron chi connectivity index (χ3n) is 3.27. The first-order chi connectivity index (χ1) is 7.92. The Morgan fingerprint density at radius 1 is 1.35 bits per heavy atom. The molecule has 1 aromatic heterocycles. The van der Waals surface area contributed by atoms with Crippen LogP contribution in [0.15, 0.2) is 12.1 Å². The molecule has 0 aromatic carbocycles. The van der Waals surface area contributed by atoms with Crippen LogP contribution in [0.2, 0.25) is 0 Å². The van der Waals surface area contributed by atoms with Crippen LogP contribution in [0.1, 0.15) is 34.1 Å². The number of nitrogens with two attached hydrogens (primary N) is 1. The smallest absolute Gasteiger partial charge is 0.239 e. The zero-order valence-corrected chi connectivity index (χ0v) is 11.4. The van der Waals surface area contributed by atoms with Crippen molar-refractivity contribution in [1.82, 2.24) is 4.98 Å². The third kappa shape index (κ3) is 3.02. The average molecular weight is 237 g/mol. The molecule has 0 unspecified atom stereocenters. The first-order valence-electron chi connectivity index (χ1n) is 6.05. The Bertz CT molecular complexity index is 377. The molecule has 1 heterocycles. The van der Waals surface area contributed by atoms with Crippen molar-refractivity contribution in [2.45, 2.75) is 39.7 Å². The molecule has 4 nitrogen and oxygen atoms in total. The Kier molecular flexibility index (Phi) is 4.21. The molecule has 96 valence electrons. The number of aromatic nitrogens is 1. The van der Waals surface area contributed by atoms with E-state index < -0.39 is 0 Å². The molecular formula is C13H23N3O. The number of hydrogen-bond donors (Lipinski definition) is 1. The fraction of sp³-hybridized carbons (Fsp3) is 0.615. The van der Waals surface area contributed by atoms with Crippen molar-refractivity contribution in [1.29, 1.82) is 0 Å². The SMILES string of the molecule is CCOc1nc(N(C)C(C)(C)CC)ccc1N. The van der Waals surface area contributed by atoms with Gasteiger partial charge in [0.1, 0.15) is 5.82 Å². The zero-order chi connectivity index (χ0) is 13.1. The highest BCUT2D eigenvalue weighted by molar-refractivity contribution is 5.55. The molecule has 0 aliphatic rings. The minimum absolute atomic E-state index is 0.0621. The maximum Gasteiger partial charge on any atom is 0.239 e. The zero-order valence-electron chi connectivity index (χ0n) is 11.4. The second-order valence-corrected chi connectivity index (χ2v) is 4.72. The number of nitrogen functional groups attached to an aromatic ring is 1. The maximum absolute atomic E-state index is 5.81. The molecular weight excluding hydrogens is 214 g/mol. The molecule has 0 aliphatic carbocycles. The number of ether oxygens (including phenoxy) is 1. The van der Waals surface area contributed by atoms with Gasteiger partial charge < -0.3 is 15.4 Å². The molecule has 4 heteroatoms. The second-order valence-electron chi connectivity index (χ2n) is 4.72. The van der Waals surface area contributed by atoms with Gasteiger partial charge in [-0.05, 0) is 39.3 Å². The van der Waals surface area contributed by atoms with Gasteiger partial charge >= 0.3 is 0 Å². The van der Waals surface area contributed by atoms with Gasteiger partial charge in [-0.25, -0.2) is 0 Å². The van der Waals surface area contributed by atoms with Gasteiger partial charge in [-0.2, -0.15) is 4.98 Å². The monoisotopic (exact) mass is 237 g/mol. The molecule has 0 saturated heterocycles. The van der Waals surface area contributed by atoms with Crippen LogP contribution in [0.3, 0.4) is 0 Å². The van der Waals surface area contributed by atoms with Crippen molar-refractivity contribution >= 4 is 11.5 Å². The lowest BCUT2D eigenvalue weighted by Crippen LogP contribution is -2.41. The molecule has 1 rings (SSSR count). The minimum Gasteiger partial charge on any atom is -0.476 e. The summed E-state index contributed by atoms with van der Waals surface area (Å²) in [5, 5.41) is 0. The van der Waals surface area contributed by atoms with E-state index in [1.54, 1.807) is 0 Å². The first-order valence-corrected chi connectivity index (χ1v) is 6.05. The van der Waals surface area contributed by atoms with E-state index in [1.165, 1.54) is 0 Å². The van der Waals surface area contributed by atoms with Gasteiger partial charge in [-0.15, -0.1) is 0 Å². The van der Waals surface area contributed by atoms with Crippen molar-refractivity contribution in [2.24, 2.45) is 0 Å². The van der Waals surface area contributed by atoms with Crippen molar-refractivity contribution in [2.75, 3.05) is 24.3 Å². The predicted molar refractivity (Wildman–Crippen MR) is 72.6 cm³/mol. The lowest BCUT2D eigenvalue weighted by molar-refractivity contribution is 0.328. The summed E-state index contributed by atoms with van der Waals surface area (Å²) in [5.74, 6) is 1.40. The molecule has 0 saturated carbocycles. The lowest BCUT2D eigenvalue weighted by Gasteiger charge is -2.36. The molecule has 0 fully saturated rings. The van der Waals surface area contributed by atoms with Gasteiger partial charge in [0, 0.05) is 12.6 Å². The standard InChI is InChI=1S/C13H23N3O/c1-6-13(3,4)16(5)11-9-8-10(14)12(15-11)17-7-2/h8-9H,6-7,14H2,1-5H3. The summed E-state index contributed by atoms with van der Waals surface area (Å²) in [4.78, 5) is 6.60.